The highest BCUT2D eigenvalue weighted by atomic mass is 35.5. The zero-order chi connectivity index (χ0) is 20.9. The SMILES string of the molecule is CN(CCCC1CC(c2ccccc2)NN1)C(=O)c1cnc(-c2ccccc2Cl)s1. The van der Waals surface area contributed by atoms with Gasteiger partial charge in [-0.15, -0.1) is 11.3 Å². The van der Waals surface area contributed by atoms with Crippen molar-refractivity contribution in [2.45, 2.75) is 31.3 Å². The molecule has 0 bridgehead atoms. The normalized spacial score (nSPS) is 18.5. The van der Waals surface area contributed by atoms with Crippen LogP contribution in [0.25, 0.3) is 10.6 Å². The van der Waals surface area contributed by atoms with Crippen molar-refractivity contribution in [2.75, 3.05) is 13.6 Å². The van der Waals surface area contributed by atoms with Crippen molar-refractivity contribution < 1.29 is 4.79 Å². The molecule has 156 valence electrons. The maximum atomic E-state index is 12.8. The molecular weight excluding hydrogens is 416 g/mol. The van der Waals surface area contributed by atoms with E-state index in [0.29, 0.717) is 28.5 Å². The van der Waals surface area contributed by atoms with E-state index in [2.05, 4.69) is 40.1 Å². The minimum Gasteiger partial charge on any atom is -0.341 e. The van der Waals surface area contributed by atoms with Gasteiger partial charge in [-0.1, -0.05) is 60.1 Å². The van der Waals surface area contributed by atoms with Crippen LogP contribution in [-0.4, -0.2) is 35.4 Å². The number of benzene rings is 2. The van der Waals surface area contributed by atoms with E-state index in [1.54, 1.807) is 11.1 Å². The number of nitrogens with one attached hydrogen (secondary N) is 2. The van der Waals surface area contributed by atoms with Crippen LogP contribution >= 0.6 is 22.9 Å². The van der Waals surface area contributed by atoms with Gasteiger partial charge in [0.2, 0.25) is 0 Å². The van der Waals surface area contributed by atoms with Crippen LogP contribution in [0.3, 0.4) is 0 Å². The van der Waals surface area contributed by atoms with Crippen LogP contribution in [0.2, 0.25) is 5.02 Å². The molecular formula is C23H25ClN4OS. The Morgan fingerprint density at radius 3 is 2.73 bits per heavy atom. The van der Waals surface area contributed by atoms with E-state index >= 15 is 0 Å². The number of thiazole rings is 1. The van der Waals surface area contributed by atoms with Gasteiger partial charge in [0, 0.05) is 31.2 Å². The summed E-state index contributed by atoms with van der Waals surface area (Å²) in [6.07, 6.45) is 4.66. The zero-order valence-corrected chi connectivity index (χ0v) is 18.4. The van der Waals surface area contributed by atoms with Crippen LogP contribution in [0.5, 0.6) is 0 Å². The summed E-state index contributed by atoms with van der Waals surface area (Å²) in [5.74, 6) is 0.00507. The number of hydrogen-bond donors (Lipinski definition) is 2. The fourth-order valence-corrected chi connectivity index (χ4v) is 4.94. The molecule has 3 aromatic rings. The maximum absolute atomic E-state index is 12.8. The van der Waals surface area contributed by atoms with Gasteiger partial charge in [-0.2, -0.15) is 0 Å². The molecule has 30 heavy (non-hydrogen) atoms. The van der Waals surface area contributed by atoms with Gasteiger partial charge in [0.1, 0.15) is 9.88 Å². The second kappa shape index (κ2) is 9.71. The van der Waals surface area contributed by atoms with E-state index in [1.165, 1.54) is 16.9 Å². The second-order valence-corrected chi connectivity index (χ2v) is 9.00. The minimum atomic E-state index is 0.00507. The molecule has 0 spiro atoms. The molecule has 1 aliphatic heterocycles. The highest BCUT2D eigenvalue weighted by Gasteiger charge is 2.24. The second-order valence-electron chi connectivity index (χ2n) is 7.56. The molecule has 2 aromatic carbocycles. The van der Waals surface area contributed by atoms with Crippen LogP contribution in [0.4, 0.5) is 0 Å². The monoisotopic (exact) mass is 440 g/mol. The number of carbonyl (C=O) groups excluding carboxylic acids is 1. The smallest absolute Gasteiger partial charge is 0.265 e. The summed E-state index contributed by atoms with van der Waals surface area (Å²) in [5, 5.41) is 1.41. The Hall–Kier alpha value is -2.25. The number of carbonyl (C=O) groups is 1. The summed E-state index contributed by atoms with van der Waals surface area (Å²) in [6.45, 7) is 0.715. The van der Waals surface area contributed by atoms with Gasteiger partial charge in [-0.3, -0.25) is 15.6 Å². The van der Waals surface area contributed by atoms with E-state index in [0.717, 1.165) is 29.8 Å². The Bertz CT molecular complexity index is 994. The third-order valence-electron chi connectivity index (χ3n) is 5.40. The number of rotatable bonds is 7. The zero-order valence-electron chi connectivity index (χ0n) is 16.8. The molecule has 2 heterocycles. The first-order chi connectivity index (χ1) is 14.6. The molecule has 7 heteroatoms. The van der Waals surface area contributed by atoms with Crippen molar-refractivity contribution in [1.29, 1.82) is 0 Å². The largest absolute Gasteiger partial charge is 0.341 e. The number of amides is 1. The Balaban J connectivity index is 1.26. The fraction of sp³-hybridized carbons (Fsp3) is 0.304. The van der Waals surface area contributed by atoms with Crippen LogP contribution in [-0.2, 0) is 0 Å². The number of hydrogen-bond acceptors (Lipinski definition) is 5. The first kappa shape index (κ1) is 21.0. The average Bonchev–Trinajstić information content (AvgIpc) is 3.44. The average molecular weight is 441 g/mol. The van der Waals surface area contributed by atoms with E-state index in [1.807, 2.05) is 37.4 Å². The summed E-state index contributed by atoms with van der Waals surface area (Å²) in [7, 11) is 1.85. The molecule has 5 nitrogen and oxygen atoms in total. The van der Waals surface area contributed by atoms with Gasteiger partial charge >= 0.3 is 0 Å². The van der Waals surface area contributed by atoms with E-state index in [9.17, 15) is 4.79 Å². The van der Waals surface area contributed by atoms with Crippen LogP contribution < -0.4 is 10.9 Å². The number of nitrogens with zero attached hydrogens (tertiary/aromatic N) is 2. The summed E-state index contributed by atoms with van der Waals surface area (Å²) in [6, 6.07) is 18.8. The highest BCUT2D eigenvalue weighted by Crippen LogP contribution is 2.31. The lowest BCUT2D eigenvalue weighted by molar-refractivity contribution is 0.0796. The van der Waals surface area contributed by atoms with Gasteiger partial charge < -0.3 is 4.90 Å². The standard InChI is InChI=1S/C23H25ClN4OS/c1-28(13-7-10-17-14-20(27-26-17)16-8-3-2-4-9-16)23(29)21-15-25-22(30-21)18-11-5-6-12-19(18)24/h2-6,8-9,11-12,15,17,20,26-27H,7,10,13-14H2,1H3. The minimum absolute atomic E-state index is 0.00507. The van der Waals surface area contributed by atoms with Gasteiger partial charge in [0.05, 0.1) is 11.2 Å². The lowest BCUT2D eigenvalue weighted by Gasteiger charge is -2.17. The van der Waals surface area contributed by atoms with Crippen molar-refractivity contribution in [3.8, 4) is 10.6 Å². The molecule has 0 radical (unpaired) electrons. The van der Waals surface area contributed by atoms with Crippen LogP contribution in [0, 0.1) is 0 Å². The van der Waals surface area contributed by atoms with Crippen molar-refractivity contribution in [3.05, 3.63) is 76.3 Å². The molecule has 0 saturated carbocycles. The molecule has 1 aromatic heterocycles. The number of halogens is 1. The first-order valence-electron chi connectivity index (χ1n) is 10.1. The van der Waals surface area contributed by atoms with E-state index in [-0.39, 0.29) is 5.91 Å². The Morgan fingerprint density at radius 2 is 1.93 bits per heavy atom. The first-order valence-corrected chi connectivity index (χ1v) is 11.3. The van der Waals surface area contributed by atoms with Crippen molar-refractivity contribution in [3.63, 3.8) is 0 Å². The molecule has 2 unspecified atom stereocenters. The predicted octanol–water partition coefficient (Wildman–Crippen LogP) is 4.92. The molecule has 2 N–H and O–H groups in total. The van der Waals surface area contributed by atoms with Crippen LogP contribution in [0.15, 0.2) is 60.8 Å². The highest BCUT2D eigenvalue weighted by molar-refractivity contribution is 7.17. The predicted molar refractivity (Wildman–Crippen MR) is 123 cm³/mol. The Labute approximate surface area is 186 Å². The maximum Gasteiger partial charge on any atom is 0.265 e. The third-order valence-corrected chi connectivity index (χ3v) is 6.75. The van der Waals surface area contributed by atoms with Gasteiger partial charge in [0.25, 0.3) is 5.91 Å². The number of aromatic nitrogens is 1. The lowest BCUT2D eigenvalue weighted by atomic mass is 10.00. The summed E-state index contributed by atoms with van der Waals surface area (Å²) >= 11 is 7.63. The Morgan fingerprint density at radius 1 is 1.17 bits per heavy atom. The van der Waals surface area contributed by atoms with E-state index < -0.39 is 0 Å². The summed E-state index contributed by atoms with van der Waals surface area (Å²) < 4.78 is 0. The van der Waals surface area contributed by atoms with Gasteiger partial charge in [-0.05, 0) is 30.9 Å². The van der Waals surface area contributed by atoms with Crippen molar-refractivity contribution >= 4 is 28.8 Å². The molecule has 1 aliphatic rings. The topological polar surface area (TPSA) is 57.3 Å². The molecule has 0 aliphatic carbocycles. The van der Waals surface area contributed by atoms with Gasteiger partial charge in [-0.25, -0.2) is 4.98 Å². The van der Waals surface area contributed by atoms with Crippen molar-refractivity contribution in [2.24, 2.45) is 0 Å². The third kappa shape index (κ3) is 4.90. The summed E-state index contributed by atoms with van der Waals surface area (Å²) in [5.41, 5.74) is 8.94. The van der Waals surface area contributed by atoms with Crippen LogP contribution in [0.1, 0.15) is 40.5 Å². The molecule has 1 saturated heterocycles. The molecule has 1 fully saturated rings. The molecule has 1 amide bonds. The number of hydrazine groups is 1. The quantitative estimate of drug-likeness (QED) is 0.547. The van der Waals surface area contributed by atoms with E-state index in [4.69, 9.17) is 11.6 Å². The molecule has 4 rings (SSSR count). The summed E-state index contributed by atoms with van der Waals surface area (Å²) in [4.78, 5) is 19.6. The van der Waals surface area contributed by atoms with Crippen molar-refractivity contribution in [1.82, 2.24) is 20.7 Å². The Kier molecular flexibility index (Phi) is 6.79. The fourth-order valence-electron chi connectivity index (χ4n) is 3.71. The van der Waals surface area contributed by atoms with Gasteiger partial charge in [0.15, 0.2) is 0 Å². The molecule has 2 atom stereocenters. The lowest BCUT2D eigenvalue weighted by Crippen LogP contribution is -2.32.